The standard InChI is InChI=1S/C21H19ClFN3O4/c1-3-25-20(27)12-30-18-7-4-13(9-19(18)29-2)8-14(11-24)21(28)26-15-5-6-17(23)16(22)10-15/h4-10H,3,12H2,1-2H3,(H,25,27)(H,26,28)/b14-8+. The molecule has 0 aromatic heterocycles. The molecule has 9 heteroatoms. The molecule has 7 nitrogen and oxygen atoms in total. The average molecular weight is 432 g/mol. The van der Waals surface area contributed by atoms with Gasteiger partial charge in [-0.3, -0.25) is 9.59 Å². The highest BCUT2D eigenvalue weighted by Gasteiger charge is 2.13. The summed E-state index contributed by atoms with van der Waals surface area (Å²) in [4.78, 5) is 23.9. The van der Waals surface area contributed by atoms with Gasteiger partial charge in [-0.1, -0.05) is 17.7 Å². The van der Waals surface area contributed by atoms with Crippen LogP contribution in [0.3, 0.4) is 0 Å². The molecule has 0 saturated carbocycles. The predicted octanol–water partition coefficient (Wildman–Crippen LogP) is 3.55. The van der Waals surface area contributed by atoms with E-state index in [2.05, 4.69) is 10.6 Å². The van der Waals surface area contributed by atoms with Gasteiger partial charge in [0.05, 0.1) is 12.1 Å². The van der Waals surface area contributed by atoms with E-state index >= 15 is 0 Å². The third-order valence-electron chi connectivity index (χ3n) is 3.77. The highest BCUT2D eigenvalue weighted by atomic mass is 35.5. The molecular formula is C21H19ClFN3O4. The Bertz CT molecular complexity index is 1020. The first kappa shape index (κ1) is 22.7. The van der Waals surface area contributed by atoms with E-state index in [0.29, 0.717) is 23.6 Å². The Kier molecular flexibility index (Phi) is 8.20. The summed E-state index contributed by atoms with van der Waals surface area (Å²) in [5.41, 5.74) is 0.564. The van der Waals surface area contributed by atoms with Gasteiger partial charge in [0.25, 0.3) is 11.8 Å². The number of methoxy groups -OCH3 is 1. The summed E-state index contributed by atoms with van der Waals surface area (Å²) < 4.78 is 23.9. The minimum Gasteiger partial charge on any atom is -0.493 e. The Morgan fingerprint density at radius 1 is 1.23 bits per heavy atom. The zero-order valence-electron chi connectivity index (χ0n) is 16.3. The van der Waals surface area contributed by atoms with Crippen LogP contribution in [0.2, 0.25) is 5.02 Å². The zero-order valence-corrected chi connectivity index (χ0v) is 17.0. The van der Waals surface area contributed by atoms with Gasteiger partial charge in [0, 0.05) is 12.2 Å². The molecule has 2 N–H and O–H groups in total. The van der Waals surface area contributed by atoms with Crippen LogP contribution in [0, 0.1) is 17.1 Å². The summed E-state index contributed by atoms with van der Waals surface area (Å²) in [7, 11) is 1.43. The molecule has 30 heavy (non-hydrogen) atoms. The topological polar surface area (TPSA) is 100 Å². The van der Waals surface area contributed by atoms with Gasteiger partial charge in [0.15, 0.2) is 18.1 Å². The van der Waals surface area contributed by atoms with Gasteiger partial charge in [-0.05, 0) is 48.9 Å². The van der Waals surface area contributed by atoms with Crippen molar-refractivity contribution in [3.8, 4) is 17.6 Å². The van der Waals surface area contributed by atoms with Gasteiger partial charge >= 0.3 is 0 Å². The van der Waals surface area contributed by atoms with Crippen LogP contribution in [-0.2, 0) is 9.59 Å². The average Bonchev–Trinajstić information content (AvgIpc) is 2.73. The maximum Gasteiger partial charge on any atom is 0.266 e. The molecule has 0 aliphatic heterocycles. The second-order valence-electron chi connectivity index (χ2n) is 5.91. The van der Waals surface area contributed by atoms with E-state index in [9.17, 15) is 19.2 Å². The van der Waals surface area contributed by atoms with E-state index in [1.807, 2.05) is 6.07 Å². The molecule has 0 spiro atoms. The second kappa shape index (κ2) is 10.8. The molecule has 0 fully saturated rings. The number of carbonyl (C=O) groups excluding carboxylic acids is 2. The van der Waals surface area contributed by atoms with Gasteiger partial charge in [0.2, 0.25) is 0 Å². The van der Waals surface area contributed by atoms with E-state index < -0.39 is 11.7 Å². The van der Waals surface area contributed by atoms with E-state index in [4.69, 9.17) is 21.1 Å². The summed E-state index contributed by atoms with van der Waals surface area (Å²) >= 11 is 5.69. The number of halogens is 2. The molecule has 2 aromatic carbocycles. The van der Waals surface area contributed by atoms with Gasteiger partial charge in [-0.25, -0.2) is 4.39 Å². The first-order valence-corrected chi connectivity index (χ1v) is 9.21. The van der Waals surface area contributed by atoms with Crippen LogP contribution < -0.4 is 20.1 Å². The smallest absolute Gasteiger partial charge is 0.266 e. The lowest BCUT2D eigenvalue weighted by molar-refractivity contribution is -0.123. The Labute approximate surface area is 178 Å². The molecule has 0 saturated heterocycles. The van der Waals surface area contributed by atoms with Crippen molar-refractivity contribution in [3.05, 3.63) is 58.4 Å². The first-order valence-electron chi connectivity index (χ1n) is 8.83. The van der Waals surface area contributed by atoms with Crippen molar-refractivity contribution in [1.29, 1.82) is 5.26 Å². The monoisotopic (exact) mass is 431 g/mol. The Morgan fingerprint density at radius 3 is 2.63 bits per heavy atom. The van der Waals surface area contributed by atoms with Crippen LogP contribution in [-0.4, -0.2) is 32.1 Å². The van der Waals surface area contributed by atoms with Crippen molar-refractivity contribution in [1.82, 2.24) is 5.32 Å². The number of ether oxygens (including phenoxy) is 2. The Balaban J connectivity index is 2.17. The zero-order chi connectivity index (χ0) is 22.1. The van der Waals surface area contributed by atoms with Gasteiger partial charge in [-0.15, -0.1) is 0 Å². The molecule has 0 bridgehead atoms. The molecule has 0 aliphatic carbocycles. The summed E-state index contributed by atoms with van der Waals surface area (Å²) in [5, 5.41) is 14.3. The Hall–Kier alpha value is -3.57. The molecule has 0 aliphatic rings. The van der Waals surface area contributed by atoms with E-state index in [1.165, 1.54) is 25.3 Å². The van der Waals surface area contributed by atoms with Crippen LogP contribution in [0.1, 0.15) is 12.5 Å². The lowest BCUT2D eigenvalue weighted by Crippen LogP contribution is -2.28. The molecular weight excluding hydrogens is 413 g/mol. The molecule has 156 valence electrons. The van der Waals surface area contributed by atoms with Crippen molar-refractivity contribution in [3.63, 3.8) is 0 Å². The predicted molar refractivity (Wildman–Crippen MR) is 111 cm³/mol. The molecule has 0 heterocycles. The number of carbonyl (C=O) groups is 2. The van der Waals surface area contributed by atoms with Crippen LogP contribution in [0.15, 0.2) is 42.0 Å². The number of nitrogens with one attached hydrogen (secondary N) is 2. The number of amides is 2. The molecule has 2 rings (SSSR count). The SMILES string of the molecule is CCNC(=O)COc1ccc(/C=C(\C#N)C(=O)Nc2ccc(F)c(Cl)c2)cc1OC. The maximum absolute atomic E-state index is 13.2. The lowest BCUT2D eigenvalue weighted by Gasteiger charge is -2.11. The molecule has 0 atom stereocenters. The normalized spacial score (nSPS) is 10.7. The minimum atomic E-state index is -0.685. The van der Waals surface area contributed by atoms with Crippen LogP contribution >= 0.6 is 11.6 Å². The molecule has 0 radical (unpaired) electrons. The van der Waals surface area contributed by atoms with E-state index in [1.54, 1.807) is 25.1 Å². The number of hydrogen-bond donors (Lipinski definition) is 2. The highest BCUT2D eigenvalue weighted by Crippen LogP contribution is 2.29. The summed E-state index contributed by atoms with van der Waals surface area (Å²) in [6.07, 6.45) is 1.36. The number of rotatable bonds is 8. The second-order valence-corrected chi connectivity index (χ2v) is 6.31. The summed E-state index contributed by atoms with van der Waals surface area (Å²) in [6, 6.07) is 10.2. The fourth-order valence-electron chi connectivity index (χ4n) is 2.37. The first-order chi connectivity index (χ1) is 14.4. The third-order valence-corrected chi connectivity index (χ3v) is 4.06. The molecule has 2 aromatic rings. The van der Waals surface area contributed by atoms with E-state index in [0.717, 1.165) is 6.07 Å². The van der Waals surface area contributed by atoms with Crippen LogP contribution in [0.4, 0.5) is 10.1 Å². The van der Waals surface area contributed by atoms with Gasteiger partial charge in [0.1, 0.15) is 17.5 Å². The van der Waals surface area contributed by atoms with Crippen molar-refractivity contribution in [2.75, 3.05) is 25.6 Å². The van der Waals surface area contributed by atoms with Crippen LogP contribution in [0.5, 0.6) is 11.5 Å². The van der Waals surface area contributed by atoms with Crippen molar-refractivity contribution >= 4 is 35.2 Å². The Morgan fingerprint density at radius 2 is 2.00 bits per heavy atom. The van der Waals surface area contributed by atoms with Crippen molar-refractivity contribution in [2.45, 2.75) is 6.92 Å². The fraction of sp³-hybridized carbons (Fsp3) is 0.190. The highest BCUT2D eigenvalue weighted by molar-refractivity contribution is 6.31. The number of hydrogen-bond acceptors (Lipinski definition) is 5. The summed E-state index contributed by atoms with van der Waals surface area (Å²) in [5.74, 6) is -0.906. The number of anilines is 1. The number of benzene rings is 2. The van der Waals surface area contributed by atoms with Crippen molar-refractivity contribution in [2.24, 2.45) is 0 Å². The minimum absolute atomic E-state index is 0.150. The van der Waals surface area contributed by atoms with Crippen molar-refractivity contribution < 1.29 is 23.5 Å². The van der Waals surface area contributed by atoms with Crippen LogP contribution in [0.25, 0.3) is 6.08 Å². The maximum atomic E-state index is 13.2. The number of nitriles is 1. The lowest BCUT2D eigenvalue weighted by atomic mass is 10.1. The number of likely N-dealkylation sites (N-methyl/N-ethyl adjacent to an activating group) is 1. The van der Waals surface area contributed by atoms with Gasteiger partial charge in [-0.2, -0.15) is 5.26 Å². The van der Waals surface area contributed by atoms with Gasteiger partial charge < -0.3 is 20.1 Å². The fourth-order valence-corrected chi connectivity index (χ4v) is 2.55. The summed E-state index contributed by atoms with van der Waals surface area (Å²) in [6.45, 7) is 2.12. The quantitative estimate of drug-likeness (QED) is 0.491. The molecule has 2 amide bonds. The molecule has 0 unspecified atom stereocenters. The van der Waals surface area contributed by atoms with E-state index in [-0.39, 0.29) is 28.8 Å². The number of nitrogens with zero attached hydrogens (tertiary/aromatic N) is 1. The largest absolute Gasteiger partial charge is 0.493 e. The third kappa shape index (κ3) is 6.22.